The van der Waals surface area contributed by atoms with Crippen molar-refractivity contribution in [2.45, 2.75) is 17.9 Å². The summed E-state index contributed by atoms with van der Waals surface area (Å²) in [6.45, 7) is 1.77. The molecule has 1 unspecified atom stereocenters. The van der Waals surface area contributed by atoms with Crippen LogP contribution in [-0.4, -0.2) is 13.4 Å². The molecule has 0 radical (unpaired) electrons. The second-order valence-corrected chi connectivity index (χ2v) is 6.64. The number of benzene rings is 2. The lowest BCUT2D eigenvalue weighted by molar-refractivity contribution is 0.555. The van der Waals surface area contributed by atoms with Crippen LogP contribution in [0.5, 0.6) is 0 Å². The van der Waals surface area contributed by atoms with E-state index in [2.05, 4.69) is 9.71 Å². The van der Waals surface area contributed by atoms with Gasteiger partial charge in [0.05, 0.1) is 10.4 Å². The standard InChI is InChI=1S/C15H14N2O4S/c1-10(11-5-3-2-4-6-11)17-22(19,20)12-7-8-14-13(9-12)16-15(18)21-14/h2-10,17H,1H3,(H,16,18). The quantitative estimate of drug-likeness (QED) is 0.771. The lowest BCUT2D eigenvalue weighted by Gasteiger charge is -2.14. The molecule has 0 aliphatic heterocycles. The fourth-order valence-electron chi connectivity index (χ4n) is 2.21. The third-order valence-corrected chi connectivity index (χ3v) is 4.87. The van der Waals surface area contributed by atoms with Crippen molar-refractivity contribution in [1.82, 2.24) is 9.71 Å². The molecule has 0 fully saturated rings. The van der Waals surface area contributed by atoms with Crippen molar-refractivity contribution in [2.24, 2.45) is 0 Å². The van der Waals surface area contributed by atoms with E-state index in [9.17, 15) is 13.2 Å². The molecule has 0 amide bonds. The van der Waals surface area contributed by atoms with Crippen molar-refractivity contribution < 1.29 is 12.8 Å². The van der Waals surface area contributed by atoms with Crippen molar-refractivity contribution in [3.8, 4) is 0 Å². The SMILES string of the molecule is CC(NS(=O)(=O)c1ccc2oc(=O)[nH]c2c1)c1ccccc1. The molecule has 2 N–H and O–H groups in total. The van der Waals surface area contributed by atoms with Gasteiger partial charge in [-0.05, 0) is 30.7 Å². The summed E-state index contributed by atoms with van der Waals surface area (Å²) in [6, 6.07) is 13.1. The maximum absolute atomic E-state index is 12.4. The molecule has 1 aromatic heterocycles. The van der Waals surface area contributed by atoms with Crippen molar-refractivity contribution in [3.05, 3.63) is 64.6 Å². The van der Waals surface area contributed by atoms with Gasteiger partial charge in [0.25, 0.3) is 0 Å². The molecule has 0 aliphatic rings. The van der Waals surface area contributed by atoms with Crippen LogP contribution in [0.2, 0.25) is 0 Å². The number of aromatic nitrogens is 1. The van der Waals surface area contributed by atoms with Crippen molar-refractivity contribution >= 4 is 21.1 Å². The fourth-order valence-corrected chi connectivity index (χ4v) is 3.47. The first-order chi connectivity index (χ1) is 10.5. The van der Waals surface area contributed by atoms with Crippen LogP contribution in [0.3, 0.4) is 0 Å². The first-order valence-corrected chi connectivity index (χ1v) is 8.14. The van der Waals surface area contributed by atoms with Crippen molar-refractivity contribution in [1.29, 1.82) is 0 Å². The highest BCUT2D eigenvalue weighted by atomic mass is 32.2. The summed E-state index contributed by atoms with van der Waals surface area (Å²) in [4.78, 5) is 13.6. The van der Waals surface area contributed by atoms with Gasteiger partial charge in [0.1, 0.15) is 0 Å². The molecule has 3 aromatic rings. The summed E-state index contributed by atoms with van der Waals surface area (Å²) in [5.41, 5.74) is 1.53. The topological polar surface area (TPSA) is 92.2 Å². The number of nitrogens with one attached hydrogen (secondary N) is 2. The van der Waals surface area contributed by atoms with Crippen molar-refractivity contribution in [3.63, 3.8) is 0 Å². The number of hydrogen-bond donors (Lipinski definition) is 2. The number of oxazole rings is 1. The lowest BCUT2D eigenvalue weighted by Crippen LogP contribution is -2.26. The number of rotatable bonds is 4. The van der Waals surface area contributed by atoms with Gasteiger partial charge in [-0.2, -0.15) is 0 Å². The van der Waals surface area contributed by atoms with E-state index in [1.54, 1.807) is 6.92 Å². The van der Waals surface area contributed by atoms with E-state index in [1.165, 1.54) is 18.2 Å². The number of sulfonamides is 1. The summed E-state index contributed by atoms with van der Waals surface area (Å²) in [7, 11) is -3.70. The van der Waals surface area contributed by atoms with E-state index < -0.39 is 15.8 Å². The summed E-state index contributed by atoms with van der Waals surface area (Å²) in [5.74, 6) is -0.616. The molecule has 0 bridgehead atoms. The normalized spacial score (nSPS) is 13.3. The molecule has 6 nitrogen and oxygen atoms in total. The highest BCUT2D eigenvalue weighted by molar-refractivity contribution is 7.89. The maximum Gasteiger partial charge on any atom is 0.417 e. The lowest BCUT2D eigenvalue weighted by atomic mass is 10.1. The van der Waals surface area contributed by atoms with Crippen LogP contribution >= 0.6 is 0 Å². The van der Waals surface area contributed by atoms with Gasteiger partial charge < -0.3 is 4.42 Å². The summed E-state index contributed by atoms with van der Waals surface area (Å²) >= 11 is 0. The van der Waals surface area contributed by atoms with E-state index in [0.29, 0.717) is 11.1 Å². The van der Waals surface area contributed by atoms with E-state index in [-0.39, 0.29) is 10.9 Å². The molecule has 114 valence electrons. The van der Waals surface area contributed by atoms with E-state index >= 15 is 0 Å². The van der Waals surface area contributed by atoms with Gasteiger partial charge in [0.2, 0.25) is 10.0 Å². The Morgan fingerprint density at radius 3 is 2.59 bits per heavy atom. The van der Waals surface area contributed by atoms with Crippen LogP contribution in [0.4, 0.5) is 0 Å². The van der Waals surface area contributed by atoms with E-state index in [1.807, 2.05) is 30.3 Å². The smallest absolute Gasteiger partial charge is 0.408 e. The molecule has 22 heavy (non-hydrogen) atoms. The van der Waals surface area contributed by atoms with Gasteiger partial charge in [-0.1, -0.05) is 30.3 Å². The minimum absolute atomic E-state index is 0.0693. The molecule has 0 saturated heterocycles. The van der Waals surface area contributed by atoms with Crippen LogP contribution in [0, 0.1) is 0 Å². The second kappa shape index (κ2) is 5.43. The zero-order valence-corrected chi connectivity index (χ0v) is 12.6. The summed E-state index contributed by atoms with van der Waals surface area (Å²) in [6.07, 6.45) is 0. The average Bonchev–Trinajstić information content (AvgIpc) is 2.86. The Morgan fingerprint density at radius 2 is 1.86 bits per heavy atom. The highest BCUT2D eigenvalue weighted by Crippen LogP contribution is 2.19. The van der Waals surface area contributed by atoms with Crippen LogP contribution in [-0.2, 0) is 10.0 Å². The van der Waals surface area contributed by atoms with Gasteiger partial charge in [0, 0.05) is 6.04 Å². The van der Waals surface area contributed by atoms with Gasteiger partial charge in [-0.15, -0.1) is 0 Å². The Bertz CT molecular complexity index is 958. The zero-order chi connectivity index (χ0) is 15.7. The predicted molar refractivity (Wildman–Crippen MR) is 82.0 cm³/mol. The minimum atomic E-state index is -3.70. The highest BCUT2D eigenvalue weighted by Gasteiger charge is 2.19. The third-order valence-electron chi connectivity index (χ3n) is 3.33. The van der Waals surface area contributed by atoms with E-state index in [4.69, 9.17) is 4.42 Å². The fraction of sp³-hybridized carbons (Fsp3) is 0.133. The molecular formula is C15H14N2O4S. The molecule has 3 rings (SSSR count). The summed E-state index contributed by atoms with van der Waals surface area (Å²) in [5, 5.41) is 0. The van der Waals surface area contributed by atoms with Gasteiger partial charge in [-0.3, -0.25) is 4.98 Å². The van der Waals surface area contributed by atoms with Gasteiger partial charge >= 0.3 is 5.76 Å². The van der Waals surface area contributed by atoms with E-state index in [0.717, 1.165) is 5.56 Å². The minimum Gasteiger partial charge on any atom is -0.408 e. The Kier molecular flexibility index (Phi) is 3.59. The van der Waals surface area contributed by atoms with Crippen LogP contribution in [0.25, 0.3) is 11.1 Å². The van der Waals surface area contributed by atoms with Crippen LogP contribution < -0.4 is 10.5 Å². The largest absolute Gasteiger partial charge is 0.417 e. The molecular weight excluding hydrogens is 304 g/mol. The molecule has 0 saturated carbocycles. The molecule has 2 aromatic carbocycles. The van der Waals surface area contributed by atoms with Crippen LogP contribution in [0.15, 0.2) is 62.6 Å². The molecule has 1 heterocycles. The average molecular weight is 318 g/mol. The Labute approximate surface area is 126 Å². The third kappa shape index (κ3) is 2.81. The van der Waals surface area contributed by atoms with Crippen molar-refractivity contribution in [2.75, 3.05) is 0 Å². The zero-order valence-electron chi connectivity index (χ0n) is 11.7. The van der Waals surface area contributed by atoms with Gasteiger partial charge in [0.15, 0.2) is 5.58 Å². The maximum atomic E-state index is 12.4. The van der Waals surface area contributed by atoms with Gasteiger partial charge in [-0.25, -0.2) is 17.9 Å². The molecule has 7 heteroatoms. The molecule has 0 spiro atoms. The second-order valence-electron chi connectivity index (χ2n) is 4.93. The Hall–Kier alpha value is -2.38. The number of hydrogen-bond acceptors (Lipinski definition) is 4. The molecule has 0 aliphatic carbocycles. The number of fused-ring (bicyclic) bond motifs is 1. The Balaban J connectivity index is 1.92. The summed E-state index contributed by atoms with van der Waals surface area (Å²) < 4.78 is 32.3. The molecule has 1 atom stereocenters. The first kappa shape index (κ1) is 14.6. The monoisotopic (exact) mass is 318 g/mol. The first-order valence-electron chi connectivity index (χ1n) is 6.66. The number of H-pyrrole nitrogens is 1. The number of aromatic amines is 1. The van der Waals surface area contributed by atoms with Crippen LogP contribution in [0.1, 0.15) is 18.5 Å². The Morgan fingerprint density at radius 1 is 1.14 bits per heavy atom. The predicted octanol–water partition coefficient (Wildman–Crippen LogP) is 2.16.